The zero-order valence-corrected chi connectivity index (χ0v) is 11.7. The van der Waals surface area contributed by atoms with Gasteiger partial charge in [-0.2, -0.15) is 0 Å². The van der Waals surface area contributed by atoms with Gasteiger partial charge in [0.25, 0.3) is 0 Å². The van der Waals surface area contributed by atoms with Crippen molar-refractivity contribution >= 4 is 28.8 Å². The molecule has 0 radical (unpaired) electrons. The minimum absolute atomic E-state index is 0.00138. The second kappa shape index (κ2) is 5.55. The van der Waals surface area contributed by atoms with Gasteiger partial charge in [0.2, 0.25) is 0 Å². The molecule has 0 aliphatic heterocycles. The van der Waals surface area contributed by atoms with Crippen LogP contribution in [0, 0.1) is 12.7 Å². The van der Waals surface area contributed by atoms with Gasteiger partial charge in [0.1, 0.15) is 10.7 Å². The van der Waals surface area contributed by atoms with Crippen molar-refractivity contribution in [1.29, 1.82) is 0 Å². The Morgan fingerprint density at radius 2 is 2.00 bits per heavy atom. The van der Waals surface area contributed by atoms with Crippen LogP contribution in [0.5, 0.6) is 11.5 Å². The molecule has 0 atom stereocenters. The lowest BCUT2D eigenvalue weighted by Gasteiger charge is -2.12. The number of hydrogen-bond acceptors (Lipinski definition) is 2. The van der Waals surface area contributed by atoms with E-state index in [0.717, 1.165) is 5.56 Å². The SMILES string of the molecule is Cc1ccc(Oc2cccc(Cl)c2F)c(C(N)=S)c1. The van der Waals surface area contributed by atoms with Gasteiger partial charge in [-0.05, 0) is 31.2 Å². The van der Waals surface area contributed by atoms with E-state index in [4.69, 9.17) is 34.3 Å². The highest BCUT2D eigenvalue weighted by Gasteiger charge is 2.12. The molecule has 0 unspecified atom stereocenters. The Labute approximate surface area is 120 Å². The topological polar surface area (TPSA) is 35.2 Å². The van der Waals surface area contributed by atoms with Crippen LogP contribution in [0.15, 0.2) is 36.4 Å². The van der Waals surface area contributed by atoms with Crippen molar-refractivity contribution in [3.8, 4) is 11.5 Å². The molecule has 19 heavy (non-hydrogen) atoms. The Balaban J connectivity index is 2.44. The van der Waals surface area contributed by atoms with Crippen molar-refractivity contribution in [3.63, 3.8) is 0 Å². The number of rotatable bonds is 3. The Hall–Kier alpha value is -1.65. The van der Waals surface area contributed by atoms with Crippen LogP contribution >= 0.6 is 23.8 Å². The van der Waals surface area contributed by atoms with E-state index in [0.29, 0.717) is 11.3 Å². The minimum Gasteiger partial charge on any atom is -0.453 e. The maximum absolute atomic E-state index is 13.8. The van der Waals surface area contributed by atoms with Crippen LogP contribution in [0.2, 0.25) is 5.02 Å². The smallest absolute Gasteiger partial charge is 0.184 e. The van der Waals surface area contributed by atoms with Crippen molar-refractivity contribution in [2.45, 2.75) is 6.92 Å². The molecule has 2 aromatic rings. The molecule has 98 valence electrons. The third kappa shape index (κ3) is 3.03. The summed E-state index contributed by atoms with van der Waals surface area (Å²) in [5, 5.41) is 0.00138. The van der Waals surface area contributed by atoms with E-state index in [9.17, 15) is 4.39 Å². The zero-order chi connectivity index (χ0) is 14.0. The Morgan fingerprint density at radius 3 is 2.68 bits per heavy atom. The summed E-state index contributed by atoms with van der Waals surface area (Å²) in [5.41, 5.74) is 7.19. The van der Waals surface area contributed by atoms with Gasteiger partial charge >= 0.3 is 0 Å². The molecule has 0 amide bonds. The number of ether oxygens (including phenoxy) is 1. The molecule has 0 saturated carbocycles. The third-order valence-electron chi connectivity index (χ3n) is 2.54. The first-order valence-electron chi connectivity index (χ1n) is 5.51. The first kappa shape index (κ1) is 13.8. The molecular formula is C14H11ClFNOS. The summed E-state index contributed by atoms with van der Waals surface area (Å²) in [4.78, 5) is 0.195. The molecule has 2 rings (SSSR count). The first-order chi connectivity index (χ1) is 8.99. The maximum atomic E-state index is 13.8. The molecule has 0 heterocycles. The average Bonchev–Trinajstić information content (AvgIpc) is 2.36. The van der Waals surface area contributed by atoms with Gasteiger partial charge in [0.15, 0.2) is 11.6 Å². The summed E-state index contributed by atoms with van der Waals surface area (Å²) in [6.07, 6.45) is 0. The van der Waals surface area contributed by atoms with Crippen LogP contribution in [-0.4, -0.2) is 4.99 Å². The second-order valence-electron chi connectivity index (χ2n) is 4.02. The Morgan fingerprint density at radius 1 is 1.26 bits per heavy atom. The van der Waals surface area contributed by atoms with Gasteiger partial charge in [-0.1, -0.05) is 41.5 Å². The Bertz CT molecular complexity index is 645. The van der Waals surface area contributed by atoms with Crippen molar-refractivity contribution in [2.75, 3.05) is 0 Å². The number of benzene rings is 2. The molecule has 5 heteroatoms. The number of nitrogens with two attached hydrogens (primary N) is 1. The lowest BCUT2D eigenvalue weighted by Crippen LogP contribution is -2.11. The lowest BCUT2D eigenvalue weighted by atomic mass is 10.1. The molecule has 0 saturated heterocycles. The summed E-state index contributed by atoms with van der Waals surface area (Å²) in [6, 6.07) is 9.87. The molecule has 0 aliphatic rings. The summed E-state index contributed by atoms with van der Waals surface area (Å²) in [7, 11) is 0. The van der Waals surface area contributed by atoms with Crippen LogP contribution in [0.1, 0.15) is 11.1 Å². The fraction of sp³-hybridized carbons (Fsp3) is 0.0714. The molecule has 0 aromatic heterocycles. The van der Waals surface area contributed by atoms with E-state index < -0.39 is 5.82 Å². The molecule has 2 nitrogen and oxygen atoms in total. The molecule has 2 N–H and O–H groups in total. The summed E-state index contributed by atoms with van der Waals surface area (Å²) < 4.78 is 19.3. The molecule has 0 bridgehead atoms. The van der Waals surface area contributed by atoms with E-state index in [1.807, 2.05) is 13.0 Å². The van der Waals surface area contributed by atoms with E-state index in [-0.39, 0.29) is 15.8 Å². The molecule has 0 spiro atoms. The monoisotopic (exact) mass is 295 g/mol. The number of hydrogen-bond donors (Lipinski definition) is 1. The Kier molecular flexibility index (Phi) is 4.02. The number of thiocarbonyl (C=S) groups is 1. The summed E-state index contributed by atoms with van der Waals surface area (Å²) in [6.45, 7) is 1.91. The van der Waals surface area contributed by atoms with Crippen LogP contribution in [0.4, 0.5) is 4.39 Å². The average molecular weight is 296 g/mol. The van der Waals surface area contributed by atoms with Crippen molar-refractivity contribution in [2.24, 2.45) is 5.73 Å². The van der Waals surface area contributed by atoms with Gasteiger partial charge in [-0.15, -0.1) is 0 Å². The maximum Gasteiger partial charge on any atom is 0.184 e. The van der Waals surface area contributed by atoms with Crippen LogP contribution in [-0.2, 0) is 0 Å². The highest BCUT2D eigenvalue weighted by molar-refractivity contribution is 7.80. The molecule has 0 fully saturated rings. The third-order valence-corrected chi connectivity index (χ3v) is 3.05. The number of aryl methyl sites for hydroxylation is 1. The molecule has 0 aliphatic carbocycles. The second-order valence-corrected chi connectivity index (χ2v) is 4.86. The largest absolute Gasteiger partial charge is 0.453 e. The lowest BCUT2D eigenvalue weighted by molar-refractivity contribution is 0.441. The van der Waals surface area contributed by atoms with E-state index in [2.05, 4.69) is 0 Å². The minimum atomic E-state index is -0.612. The van der Waals surface area contributed by atoms with Crippen LogP contribution in [0.25, 0.3) is 0 Å². The summed E-state index contributed by atoms with van der Waals surface area (Å²) >= 11 is 10.7. The molecular weight excluding hydrogens is 285 g/mol. The van der Waals surface area contributed by atoms with E-state index in [1.54, 1.807) is 18.2 Å². The van der Waals surface area contributed by atoms with Crippen molar-refractivity contribution < 1.29 is 9.13 Å². The molecule has 2 aromatic carbocycles. The highest BCUT2D eigenvalue weighted by atomic mass is 35.5. The van der Waals surface area contributed by atoms with Gasteiger partial charge in [-0.3, -0.25) is 0 Å². The predicted molar refractivity (Wildman–Crippen MR) is 78.6 cm³/mol. The van der Waals surface area contributed by atoms with E-state index >= 15 is 0 Å². The quantitative estimate of drug-likeness (QED) is 0.861. The van der Waals surface area contributed by atoms with E-state index in [1.165, 1.54) is 12.1 Å². The van der Waals surface area contributed by atoms with Crippen LogP contribution in [0.3, 0.4) is 0 Å². The van der Waals surface area contributed by atoms with Gasteiger partial charge in [-0.25, -0.2) is 4.39 Å². The standard InChI is InChI=1S/C14H11ClFNOS/c1-8-5-6-11(9(7-8)14(17)19)18-12-4-2-3-10(15)13(12)16/h2-7H,1H3,(H2,17,19). The van der Waals surface area contributed by atoms with Gasteiger partial charge in [0, 0.05) is 0 Å². The normalized spacial score (nSPS) is 10.3. The summed E-state index contributed by atoms with van der Waals surface area (Å²) in [5.74, 6) is -0.174. The van der Waals surface area contributed by atoms with Crippen molar-refractivity contribution in [3.05, 3.63) is 58.4 Å². The fourth-order valence-electron chi connectivity index (χ4n) is 1.61. The van der Waals surface area contributed by atoms with Crippen LogP contribution < -0.4 is 10.5 Å². The van der Waals surface area contributed by atoms with Gasteiger partial charge < -0.3 is 10.5 Å². The van der Waals surface area contributed by atoms with Gasteiger partial charge in [0.05, 0.1) is 10.6 Å². The fourth-order valence-corrected chi connectivity index (χ4v) is 1.93. The number of halogens is 2. The zero-order valence-electron chi connectivity index (χ0n) is 10.1. The first-order valence-corrected chi connectivity index (χ1v) is 6.30. The predicted octanol–water partition coefficient (Wildman–Crippen LogP) is 4.21. The highest BCUT2D eigenvalue weighted by Crippen LogP contribution is 2.31. The van der Waals surface area contributed by atoms with Crippen molar-refractivity contribution in [1.82, 2.24) is 0 Å².